The third-order valence-corrected chi connectivity index (χ3v) is 10.3. The number of amides is 2. The van der Waals surface area contributed by atoms with Gasteiger partial charge in [0.25, 0.3) is 17.6 Å². The zero-order valence-electron chi connectivity index (χ0n) is 23.2. The smallest absolute Gasteiger partial charge is 0.296 e. The van der Waals surface area contributed by atoms with Crippen LogP contribution in [-0.2, 0) is 39.4 Å². The summed E-state index contributed by atoms with van der Waals surface area (Å²) in [5.74, 6) is -2.93. The summed E-state index contributed by atoms with van der Waals surface area (Å²) in [6, 6.07) is 12.4. The molecule has 0 radical (unpaired) electrons. The van der Waals surface area contributed by atoms with Crippen molar-refractivity contribution in [1.82, 2.24) is 14.1 Å². The van der Waals surface area contributed by atoms with Crippen LogP contribution in [0, 0.1) is 0 Å². The summed E-state index contributed by atoms with van der Waals surface area (Å²) in [6.07, 6.45) is 0. The SMILES string of the molecule is CN1C(=O)C2(/C(=C(\O)c3ccc(S(=O)(=O)N4CCOCC4)cc3)C(=O)C(=O)N2CCN2CCOCC2)c2ccccc21. The first-order valence-electron chi connectivity index (χ1n) is 13.8. The number of carbonyl (C=O) groups excluding carboxylic acids is 3. The summed E-state index contributed by atoms with van der Waals surface area (Å²) in [5, 5.41) is 11.6. The molecule has 1 spiro atoms. The highest BCUT2D eigenvalue weighted by Gasteiger charge is 2.66. The van der Waals surface area contributed by atoms with Crippen LogP contribution in [-0.4, -0.2) is 118 Å². The molecule has 6 rings (SSSR count). The van der Waals surface area contributed by atoms with Crippen LogP contribution in [0.4, 0.5) is 5.69 Å². The van der Waals surface area contributed by atoms with Gasteiger partial charge in [0.1, 0.15) is 5.76 Å². The predicted molar refractivity (Wildman–Crippen MR) is 151 cm³/mol. The van der Waals surface area contributed by atoms with Crippen LogP contribution in [0.25, 0.3) is 5.76 Å². The van der Waals surface area contributed by atoms with Gasteiger partial charge in [-0.25, -0.2) is 8.42 Å². The third kappa shape index (κ3) is 4.34. The Bertz CT molecular complexity index is 1560. The molecule has 42 heavy (non-hydrogen) atoms. The van der Waals surface area contributed by atoms with E-state index in [0.717, 1.165) is 0 Å². The van der Waals surface area contributed by atoms with Crippen molar-refractivity contribution in [2.45, 2.75) is 10.4 Å². The van der Waals surface area contributed by atoms with E-state index in [2.05, 4.69) is 4.90 Å². The number of anilines is 1. The molecule has 1 unspecified atom stereocenters. The quantitative estimate of drug-likeness (QED) is 0.289. The van der Waals surface area contributed by atoms with E-state index in [1.807, 2.05) is 0 Å². The zero-order valence-corrected chi connectivity index (χ0v) is 24.0. The fraction of sp³-hybridized carbons (Fsp3) is 0.414. The highest BCUT2D eigenvalue weighted by molar-refractivity contribution is 7.89. The molecule has 222 valence electrons. The number of nitrogens with zero attached hydrogens (tertiary/aromatic N) is 4. The number of aliphatic hydroxyl groups is 1. The summed E-state index contributed by atoms with van der Waals surface area (Å²) in [4.78, 5) is 46.3. The zero-order chi connectivity index (χ0) is 29.6. The second kappa shape index (κ2) is 10.9. The van der Waals surface area contributed by atoms with E-state index in [4.69, 9.17) is 9.47 Å². The predicted octanol–water partition coefficient (Wildman–Crippen LogP) is 0.592. The standard InChI is InChI=1S/C29H32N4O8S/c1-30-23-5-3-2-4-22(23)29(28(30)37)24(26(35)27(36)33(29)11-10-31-12-16-40-17-13-31)25(34)20-6-8-21(9-7-20)42(38,39)32-14-18-41-19-15-32/h2-9,34H,10-19H2,1H3/b25-24-. The Hall–Kier alpha value is -3.62. The fourth-order valence-corrected chi connectivity index (χ4v) is 7.61. The molecular formula is C29H32N4O8S. The molecule has 12 nitrogen and oxygen atoms in total. The van der Waals surface area contributed by atoms with Crippen molar-refractivity contribution < 1.29 is 37.4 Å². The van der Waals surface area contributed by atoms with Crippen molar-refractivity contribution in [1.29, 1.82) is 0 Å². The second-order valence-corrected chi connectivity index (χ2v) is 12.5. The average molecular weight is 597 g/mol. The van der Waals surface area contributed by atoms with Gasteiger partial charge in [0.05, 0.1) is 36.9 Å². The minimum Gasteiger partial charge on any atom is -0.507 e. The Balaban J connectivity index is 1.44. The van der Waals surface area contributed by atoms with Gasteiger partial charge in [-0.15, -0.1) is 0 Å². The van der Waals surface area contributed by atoms with Gasteiger partial charge in [-0.05, 0) is 30.3 Å². The molecule has 2 aromatic rings. The van der Waals surface area contributed by atoms with Crippen molar-refractivity contribution in [3.63, 3.8) is 0 Å². The Morgan fingerprint density at radius 3 is 2.17 bits per heavy atom. The lowest BCUT2D eigenvalue weighted by Crippen LogP contribution is -2.53. The van der Waals surface area contributed by atoms with Gasteiger partial charge in [-0.3, -0.25) is 19.3 Å². The molecule has 0 saturated carbocycles. The number of likely N-dealkylation sites (tertiary alicyclic amines) is 1. The number of Topliss-reactive ketones (excluding diaryl/α,β-unsaturated/α-hetero) is 1. The topological polar surface area (TPSA) is 137 Å². The number of ketones is 1. The van der Waals surface area contributed by atoms with Crippen molar-refractivity contribution in [3.05, 3.63) is 65.2 Å². The van der Waals surface area contributed by atoms with Crippen LogP contribution in [0.2, 0.25) is 0 Å². The lowest BCUT2D eigenvalue weighted by molar-refractivity contribution is -0.144. The Labute approximate surface area is 243 Å². The number of para-hydroxylation sites is 1. The summed E-state index contributed by atoms with van der Waals surface area (Å²) < 4.78 is 38.2. The molecule has 2 aromatic carbocycles. The molecule has 0 aromatic heterocycles. The van der Waals surface area contributed by atoms with E-state index < -0.39 is 38.9 Å². The number of likely N-dealkylation sites (N-methyl/N-ethyl adjacent to an activating group) is 1. The molecule has 0 aliphatic carbocycles. The maximum atomic E-state index is 14.2. The molecule has 1 N–H and O–H groups in total. The van der Waals surface area contributed by atoms with Gasteiger partial charge >= 0.3 is 0 Å². The molecule has 3 saturated heterocycles. The van der Waals surface area contributed by atoms with Crippen LogP contribution in [0.3, 0.4) is 0 Å². The molecular weight excluding hydrogens is 564 g/mol. The fourth-order valence-electron chi connectivity index (χ4n) is 6.20. The highest BCUT2D eigenvalue weighted by Crippen LogP contribution is 2.53. The normalized spacial score (nSPS) is 25.0. The molecule has 4 aliphatic heterocycles. The largest absolute Gasteiger partial charge is 0.507 e. The van der Waals surface area contributed by atoms with Crippen molar-refractivity contribution in [3.8, 4) is 0 Å². The maximum Gasteiger partial charge on any atom is 0.296 e. The average Bonchev–Trinajstić information content (AvgIpc) is 3.38. The first kappa shape index (κ1) is 28.5. The van der Waals surface area contributed by atoms with E-state index in [1.165, 1.54) is 38.4 Å². The van der Waals surface area contributed by atoms with E-state index in [9.17, 15) is 27.9 Å². The highest BCUT2D eigenvalue weighted by atomic mass is 32.2. The number of fused-ring (bicyclic) bond motifs is 2. The van der Waals surface area contributed by atoms with E-state index in [1.54, 1.807) is 31.3 Å². The summed E-state index contributed by atoms with van der Waals surface area (Å²) >= 11 is 0. The van der Waals surface area contributed by atoms with Gasteiger partial charge in [0.2, 0.25) is 10.0 Å². The number of carbonyl (C=O) groups is 3. The Morgan fingerprint density at radius 1 is 0.881 bits per heavy atom. The minimum atomic E-state index is -3.80. The first-order chi connectivity index (χ1) is 20.2. The number of ether oxygens (including phenoxy) is 2. The second-order valence-electron chi connectivity index (χ2n) is 10.6. The van der Waals surface area contributed by atoms with E-state index in [-0.39, 0.29) is 35.7 Å². The lowest BCUT2D eigenvalue weighted by atomic mass is 9.82. The molecule has 2 amide bonds. The minimum absolute atomic E-state index is 0.0173. The molecule has 0 bridgehead atoms. The van der Waals surface area contributed by atoms with Crippen LogP contribution < -0.4 is 4.90 Å². The number of benzene rings is 2. The number of hydrogen-bond donors (Lipinski definition) is 1. The van der Waals surface area contributed by atoms with E-state index in [0.29, 0.717) is 57.3 Å². The third-order valence-electron chi connectivity index (χ3n) is 8.42. The number of rotatable bonds is 6. The van der Waals surface area contributed by atoms with Crippen molar-refractivity contribution >= 4 is 39.1 Å². The molecule has 3 fully saturated rings. The molecule has 4 heterocycles. The van der Waals surface area contributed by atoms with Gasteiger partial charge in [-0.1, -0.05) is 18.2 Å². The molecule has 4 aliphatic rings. The van der Waals surface area contributed by atoms with E-state index >= 15 is 0 Å². The Kier molecular flexibility index (Phi) is 7.39. The van der Waals surface area contributed by atoms with Crippen molar-refractivity contribution in [2.75, 3.05) is 77.6 Å². The molecule has 1 atom stereocenters. The van der Waals surface area contributed by atoms with Gasteiger partial charge in [0.15, 0.2) is 5.54 Å². The molecule has 13 heteroatoms. The Morgan fingerprint density at radius 2 is 1.50 bits per heavy atom. The monoisotopic (exact) mass is 596 g/mol. The summed E-state index contributed by atoms with van der Waals surface area (Å²) in [7, 11) is -2.22. The van der Waals surface area contributed by atoms with Gasteiger partial charge < -0.3 is 24.4 Å². The van der Waals surface area contributed by atoms with Crippen LogP contribution in [0.5, 0.6) is 0 Å². The van der Waals surface area contributed by atoms with Gasteiger partial charge in [-0.2, -0.15) is 4.31 Å². The van der Waals surface area contributed by atoms with Crippen LogP contribution in [0.1, 0.15) is 11.1 Å². The summed E-state index contributed by atoms with van der Waals surface area (Å²) in [6.45, 7) is 3.95. The maximum absolute atomic E-state index is 14.2. The number of morpholine rings is 2. The first-order valence-corrected chi connectivity index (χ1v) is 15.3. The number of hydrogen-bond acceptors (Lipinski definition) is 9. The lowest BCUT2D eigenvalue weighted by Gasteiger charge is -2.36. The van der Waals surface area contributed by atoms with Gasteiger partial charge in [0, 0.05) is 63.1 Å². The summed E-state index contributed by atoms with van der Waals surface area (Å²) in [5.41, 5.74) is -1.14. The number of aliphatic hydroxyl groups excluding tert-OH is 1. The van der Waals surface area contributed by atoms with Crippen LogP contribution >= 0.6 is 0 Å². The number of sulfonamides is 1. The van der Waals surface area contributed by atoms with Crippen LogP contribution in [0.15, 0.2) is 59.0 Å². The van der Waals surface area contributed by atoms with Crippen molar-refractivity contribution in [2.24, 2.45) is 0 Å².